The fraction of sp³-hybridized carbons (Fsp3) is 0.346. The van der Waals surface area contributed by atoms with Crippen molar-refractivity contribution < 1.29 is 9.90 Å². The zero-order chi connectivity index (χ0) is 23.9. The Morgan fingerprint density at radius 2 is 1.82 bits per heavy atom. The van der Waals surface area contributed by atoms with Crippen LogP contribution in [0, 0.1) is 5.92 Å². The molecule has 2 aromatic carbocycles. The minimum absolute atomic E-state index is 0.0222. The van der Waals surface area contributed by atoms with Crippen molar-refractivity contribution in [2.45, 2.75) is 19.3 Å². The number of aromatic nitrogens is 2. The molecule has 2 heterocycles. The molecule has 8 nitrogen and oxygen atoms in total. The predicted molar refractivity (Wildman–Crippen MR) is 136 cm³/mol. The monoisotopic (exact) mass is 460 g/mol. The number of piperidine rings is 1. The minimum Gasteiger partial charge on any atom is -0.508 e. The Morgan fingerprint density at radius 1 is 1.06 bits per heavy atom. The van der Waals surface area contributed by atoms with Crippen LogP contribution in [0.25, 0.3) is 0 Å². The van der Waals surface area contributed by atoms with Gasteiger partial charge >= 0.3 is 0 Å². The Morgan fingerprint density at radius 3 is 2.50 bits per heavy atom. The van der Waals surface area contributed by atoms with Gasteiger partial charge in [0.15, 0.2) is 11.6 Å². The number of hydrogen-bond acceptors (Lipinski definition) is 7. The summed E-state index contributed by atoms with van der Waals surface area (Å²) in [6.07, 6.45) is 2.34. The Balaban J connectivity index is 1.23. The van der Waals surface area contributed by atoms with Gasteiger partial charge in [-0.3, -0.25) is 4.79 Å². The highest BCUT2D eigenvalue weighted by Gasteiger charge is 2.25. The topological polar surface area (TPSA) is 93.6 Å². The van der Waals surface area contributed by atoms with E-state index < -0.39 is 0 Å². The van der Waals surface area contributed by atoms with Gasteiger partial charge in [0.25, 0.3) is 0 Å². The maximum atomic E-state index is 12.6. The van der Waals surface area contributed by atoms with Crippen LogP contribution in [0.5, 0.6) is 5.75 Å². The maximum absolute atomic E-state index is 12.6. The highest BCUT2D eigenvalue weighted by atomic mass is 16.3. The quantitative estimate of drug-likeness (QED) is 0.473. The van der Waals surface area contributed by atoms with Crippen LogP contribution < -0.4 is 20.4 Å². The Labute approximate surface area is 200 Å². The van der Waals surface area contributed by atoms with Gasteiger partial charge < -0.3 is 25.5 Å². The number of phenols is 1. The van der Waals surface area contributed by atoms with Crippen molar-refractivity contribution in [2.24, 2.45) is 5.92 Å². The van der Waals surface area contributed by atoms with Crippen LogP contribution in [0.2, 0.25) is 0 Å². The zero-order valence-electron chi connectivity index (χ0n) is 19.7. The number of rotatable bonds is 8. The SMILES string of the molecule is CN(C)c1cccc(Nc2ccc(N3CCC(C(=O)NCCc4ccc(O)cc4)CC3)nn2)c1. The van der Waals surface area contributed by atoms with E-state index in [1.165, 1.54) is 0 Å². The van der Waals surface area contributed by atoms with Gasteiger partial charge in [-0.2, -0.15) is 0 Å². The molecule has 0 atom stereocenters. The van der Waals surface area contributed by atoms with Crippen molar-refractivity contribution in [3.63, 3.8) is 0 Å². The number of phenolic OH excluding ortho intramolecular Hbond substituents is 1. The fourth-order valence-corrected chi connectivity index (χ4v) is 4.08. The van der Waals surface area contributed by atoms with Crippen molar-refractivity contribution in [3.05, 3.63) is 66.2 Å². The first kappa shape index (κ1) is 23.4. The molecule has 0 bridgehead atoms. The van der Waals surface area contributed by atoms with Crippen LogP contribution in [0.4, 0.5) is 23.0 Å². The average molecular weight is 461 g/mol. The second-order valence-corrected chi connectivity index (χ2v) is 8.82. The van der Waals surface area contributed by atoms with E-state index in [1.807, 2.05) is 50.5 Å². The summed E-state index contributed by atoms with van der Waals surface area (Å²) >= 11 is 0. The number of anilines is 4. The first-order valence-corrected chi connectivity index (χ1v) is 11.7. The van der Waals surface area contributed by atoms with Crippen LogP contribution in [0.3, 0.4) is 0 Å². The number of aromatic hydroxyl groups is 1. The third kappa shape index (κ3) is 6.15. The molecule has 8 heteroatoms. The van der Waals surface area contributed by atoms with Gasteiger partial charge in [-0.15, -0.1) is 10.2 Å². The van der Waals surface area contributed by atoms with Crippen LogP contribution in [0.15, 0.2) is 60.7 Å². The first-order chi connectivity index (χ1) is 16.5. The van der Waals surface area contributed by atoms with Crippen molar-refractivity contribution in [3.8, 4) is 5.75 Å². The molecule has 3 N–H and O–H groups in total. The van der Waals surface area contributed by atoms with Gasteiger partial charge in [-0.05, 0) is 67.3 Å². The normalized spacial score (nSPS) is 14.0. The lowest BCUT2D eigenvalue weighted by Gasteiger charge is -2.31. The third-order valence-corrected chi connectivity index (χ3v) is 6.12. The number of nitrogens with one attached hydrogen (secondary N) is 2. The molecule has 1 aromatic heterocycles. The van der Waals surface area contributed by atoms with Gasteiger partial charge in [-0.25, -0.2) is 0 Å². The Bertz CT molecular complexity index is 1080. The molecule has 1 aliphatic rings. The highest BCUT2D eigenvalue weighted by Crippen LogP contribution is 2.24. The van der Waals surface area contributed by atoms with E-state index in [0.29, 0.717) is 12.4 Å². The molecule has 1 saturated heterocycles. The largest absolute Gasteiger partial charge is 0.508 e. The number of carbonyl (C=O) groups is 1. The first-order valence-electron chi connectivity index (χ1n) is 11.7. The molecule has 3 aromatic rings. The Hall–Kier alpha value is -3.81. The number of nitrogens with zero attached hydrogens (tertiary/aromatic N) is 4. The van der Waals surface area contributed by atoms with E-state index in [1.54, 1.807) is 12.1 Å². The molecule has 1 amide bonds. The molecule has 0 unspecified atom stereocenters. The van der Waals surface area contributed by atoms with E-state index in [4.69, 9.17) is 0 Å². The van der Waals surface area contributed by atoms with E-state index in [0.717, 1.165) is 55.1 Å². The number of amides is 1. The molecule has 1 aliphatic heterocycles. The molecule has 0 radical (unpaired) electrons. The summed E-state index contributed by atoms with van der Waals surface area (Å²) in [5.74, 6) is 1.92. The molecular formula is C26H32N6O2. The zero-order valence-corrected chi connectivity index (χ0v) is 19.7. The van der Waals surface area contributed by atoms with Gasteiger partial charge in [0.1, 0.15) is 5.75 Å². The van der Waals surface area contributed by atoms with Gasteiger partial charge in [0, 0.05) is 51.0 Å². The summed E-state index contributed by atoms with van der Waals surface area (Å²) in [5, 5.41) is 24.5. The maximum Gasteiger partial charge on any atom is 0.223 e. The number of hydrogen-bond donors (Lipinski definition) is 3. The van der Waals surface area contributed by atoms with Crippen molar-refractivity contribution >= 4 is 28.9 Å². The average Bonchev–Trinajstić information content (AvgIpc) is 2.86. The van der Waals surface area contributed by atoms with Crippen molar-refractivity contribution in [2.75, 3.05) is 48.8 Å². The molecule has 178 valence electrons. The van der Waals surface area contributed by atoms with Crippen LogP contribution in [-0.2, 0) is 11.2 Å². The van der Waals surface area contributed by atoms with E-state index in [9.17, 15) is 9.90 Å². The van der Waals surface area contributed by atoms with E-state index >= 15 is 0 Å². The van der Waals surface area contributed by atoms with Crippen molar-refractivity contribution in [1.29, 1.82) is 0 Å². The molecule has 0 aliphatic carbocycles. The van der Waals surface area contributed by atoms with Crippen LogP contribution in [-0.4, -0.2) is 54.9 Å². The minimum atomic E-state index is 0.0222. The van der Waals surface area contributed by atoms with Gasteiger partial charge in [-0.1, -0.05) is 18.2 Å². The summed E-state index contributed by atoms with van der Waals surface area (Å²) < 4.78 is 0. The lowest BCUT2D eigenvalue weighted by molar-refractivity contribution is -0.125. The summed E-state index contributed by atoms with van der Waals surface area (Å²) in [5.41, 5.74) is 3.17. The standard InChI is InChI=1S/C26H32N6O2/c1-31(2)22-5-3-4-21(18-22)28-24-10-11-25(30-29-24)32-16-13-20(14-17-32)26(34)27-15-12-19-6-8-23(33)9-7-19/h3-11,18,20,33H,12-17H2,1-2H3,(H,27,34)(H,28,29). The highest BCUT2D eigenvalue weighted by molar-refractivity contribution is 5.79. The van der Waals surface area contributed by atoms with E-state index in [2.05, 4.69) is 42.8 Å². The third-order valence-electron chi connectivity index (χ3n) is 6.12. The summed E-state index contributed by atoms with van der Waals surface area (Å²) in [4.78, 5) is 16.8. The fourth-order valence-electron chi connectivity index (χ4n) is 4.08. The Kier molecular flexibility index (Phi) is 7.47. The smallest absolute Gasteiger partial charge is 0.223 e. The van der Waals surface area contributed by atoms with Gasteiger partial charge in [0.05, 0.1) is 0 Å². The summed E-state index contributed by atoms with van der Waals surface area (Å²) in [7, 11) is 4.02. The summed E-state index contributed by atoms with van der Waals surface area (Å²) in [6.45, 7) is 2.16. The number of carbonyl (C=O) groups excluding carboxylic acids is 1. The lowest BCUT2D eigenvalue weighted by atomic mass is 9.96. The summed E-state index contributed by atoms with van der Waals surface area (Å²) in [6, 6.07) is 19.1. The second kappa shape index (κ2) is 10.9. The molecule has 34 heavy (non-hydrogen) atoms. The lowest BCUT2D eigenvalue weighted by Crippen LogP contribution is -2.41. The van der Waals surface area contributed by atoms with E-state index in [-0.39, 0.29) is 17.6 Å². The van der Waals surface area contributed by atoms with Crippen LogP contribution in [0.1, 0.15) is 18.4 Å². The van der Waals surface area contributed by atoms with Crippen LogP contribution >= 0.6 is 0 Å². The second-order valence-electron chi connectivity index (χ2n) is 8.82. The van der Waals surface area contributed by atoms with Crippen molar-refractivity contribution in [1.82, 2.24) is 15.5 Å². The molecule has 0 saturated carbocycles. The molecule has 0 spiro atoms. The number of benzene rings is 2. The molecule has 1 fully saturated rings. The van der Waals surface area contributed by atoms with Gasteiger partial charge in [0.2, 0.25) is 5.91 Å². The predicted octanol–water partition coefficient (Wildman–Crippen LogP) is 3.57. The molecular weight excluding hydrogens is 428 g/mol. The molecule has 4 rings (SSSR count).